The van der Waals surface area contributed by atoms with Crippen LogP contribution in [-0.2, 0) is 12.5 Å². The van der Waals surface area contributed by atoms with E-state index in [1.54, 1.807) is 6.07 Å². The van der Waals surface area contributed by atoms with Crippen molar-refractivity contribution < 1.29 is 13.7 Å². The number of rotatable bonds is 0. The normalized spacial score (nSPS) is 12.9. The van der Waals surface area contributed by atoms with Gasteiger partial charge in [-0.15, -0.1) is 0 Å². The number of benzene rings is 4. The van der Waals surface area contributed by atoms with Gasteiger partial charge in [-0.25, -0.2) is 8.96 Å². The van der Waals surface area contributed by atoms with E-state index in [4.69, 9.17) is 4.74 Å². The zero-order valence-electron chi connectivity index (χ0n) is 19.0. The Bertz CT molecular complexity index is 1610. The molecule has 0 saturated carbocycles. The average Bonchev–Trinajstić information content (AvgIpc) is 2.74. The van der Waals surface area contributed by atoms with Gasteiger partial charge in [0.25, 0.3) is 0 Å². The van der Waals surface area contributed by atoms with Crippen molar-refractivity contribution in [2.75, 3.05) is 0 Å². The average molecular weight is 423 g/mol. The molecule has 0 saturated heterocycles. The van der Waals surface area contributed by atoms with Gasteiger partial charge < -0.3 is 4.74 Å². The first-order chi connectivity index (χ1) is 15.3. The van der Waals surface area contributed by atoms with E-state index in [9.17, 15) is 4.39 Å². The molecule has 4 aromatic carbocycles. The SMILES string of the molecule is Cc1c2c(c(C(C)(C)C)c3ccccc13)Oc1cc3cc(F)ccc3c3cc[n+](C)c-2c13. The molecule has 6 rings (SSSR count). The Labute approximate surface area is 186 Å². The van der Waals surface area contributed by atoms with Crippen molar-refractivity contribution in [2.45, 2.75) is 33.1 Å². The van der Waals surface area contributed by atoms with E-state index in [2.05, 4.69) is 75.8 Å². The fourth-order valence-corrected chi connectivity index (χ4v) is 5.44. The maximum Gasteiger partial charge on any atom is 0.228 e. The number of aromatic nitrogens is 1. The summed E-state index contributed by atoms with van der Waals surface area (Å²) in [7, 11) is 2.09. The van der Waals surface area contributed by atoms with Gasteiger partial charge in [-0.1, -0.05) is 51.1 Å². The Kier molecular flexibility index (Phi) is 3.78. The van der Waals surface area contributed by atoms with Crippen LogP contribution in [-0.4, -0.2) is 0 Å². The number of ether oxygens (including phenoxy) is 1. The number of fused-ring (bicyclic) bond motifs is 5. The van der Waals surface area contributed by atoms with Crippen molar-refractivity contribution in [3.63, 3.8) is 0 Å². The van der Waals surface area contributed by atoms with Crippen LogP contribution in [0, 0.1) is 12.7 Å². The van der Waals surface area contributed by atoms with Crippen LogP contribution in [0.25, 0.3) is 43.6 Å². The van der Waals surface area contributed by atoms with Crippen LogP contribution in [0.5, 0.6) is 11.5 Å². The largest absolute Gasteiger partial charge is 0.455 e. The highest BCUT2D eigenvalue weighted by Gasteiger charge is 2.36. The smallest absolute Gasteiger partial charge is 0.228 e. The minimum atomic E-state index is -0.237. The van der Waals surface area contributed by atoms with Crippen LogP contribution in [0.1, 0.15) is 31.9 Å². The molecule has 0 fully saturated rings. The number of pyridine rings is 1. The van der Waals surface area contributed by atoms with Crippen molar-refractivity contribution >= 4 is 32.3 Å². The van der Waals surface area contributed by atoms with Gasteiger partial charge in [0.2, 0.25) is 5.69 Å². The zero-order valence-corrected chi connectivity index (χ0v) is 19.0. The van der Waals surface area contributed by atoms with Crippen LogP contribution in [0.3, 0.4) is 0 Å². The van der Waals surface area contributed by atoms with Crippen molar-refractivity contribution in [1.29, 1.82) is 0 Å². The zero-order chi connectivity index (χ0) is 22.4. The third-order valence-electron chi connectivity index (χ3n) is 6.79. The molecular weight excluding hydrogens is 397 g/mol. The van der Waals surface area contributed by atoms with Crippen LogP contribution in [0.15, 0.2) is 60.8 Å². The fourth-order valence-electron chi connectivity index (χ4n) is 5.44. The van der Waals surface area contributed by atoms with Gasteiger partial charge in [-0.2, -0.15) is 0 Å². The lowest BCUT2D eigenvalue weighted by molar-refractivity contribution is -0.659. The maximum absolute atomic E-state index is 14.1. The first kappa shape index (κ1) is 19.2. The Morgan fingerprint density at radius 2 is 1.62 bits per heavy atom. The number of hydrogen-bond acceptors (Lipinski definition) is 1. The van der Waals surface area contributed by atoms with Crippen LogP contribution in [0.2, 0.25) is 0 Å². The fraction of sp³-hybridized carbons (Fsp3) is 0.207. The number of aryl methyl sites for hydroxylation is 2. The predicted molar refractivity (Wildman–Crippen MR) is 129 cm³/mol. The molecule has 0 atom stereocenters. The first-order valence-electron chi connectivity index (χ1n) is 11.0. The highest BCUT2D eigenvalue weighted by Crippen LogP contribution is 2.54. The summed E-state index contributed by atoms with van der Waals surface area (Å²) in [6.07, 6.45) is 2.10. The standard InChI is InChI=1S/C29H25FNO/c1-16-19-8-6-7-9-22(19)26(29(2,3)4)28-24(16)27-25-21(12-13-31(27)5)20-11-10-18(30)14-17(20)15-23(25)32-28/h6-15H,1-5H3/q+1. The summed E-state index contributed by atoms with van der Waals surface area (Å²) < 4.78 is 23.0. The van der Waals surface area contributed by atoms with Crippen molar-refractivity contribution in [1.82, 2.24) is 0 Å². The third kappa shape index (κ3) is 2.48. The van der Waals surface area contributed by atoms with Crippen molar-refractivity contribution in [3.8, 4) is 22.8 Å². The summed E-state index contributed by atoms with van der Waals surface area (Å²) in [5, 5.41) is 6.53. The molecule has 0 aliphatic carbocycles. The quantitative estimate of drug-likeness (QED) is 0.183. The van der Waals surface area contributed by atoms with E-state index >= 15 is 0 Å². The summed E-state index contributed by atoms with van der Waals surface area (Å²) in [4.78, 5) is 0. The second kappa shape index (κ2) is 6.29. The summed E-state index contributed by atoms with van der Waals surface area (Å²) in [6, 6.07) is 17.7. The highest BCUT2D eigenvalue weighted by molar-refractivity contribution is 6.16. The predicted octanol–water partition coefficient (Wildman–Crippen LogP) is 7.49. The third-order valence-corrected chi connectivity index (χ3v) is 6.79. The van der Waals surface area contributed by atoms with E-state index < -0.39 is 0 Å². The topological polar surface area (TPSA) is 13.1 Å². The minimum Gasteiger partial charge on any atom is -0.455 e. The molecule has 2 heterocycles. The van der Waals surface area contributed by atoms with Gasteiger partial charge in [0.05, 0.1) is 10.9 Å². The van der Waals surface area contributed by atoms with Gasteiger partial charge >= 0.3 is 0 Å². The molecule has 3 heteroatoms. The molecule has 1 aliphatic rings. The second-order valence-electron chi connectivity index (χ2n) is 9.91. The summed E-state index contributed by atoms with van der Waals surface area (Å²) in [5.41, 5.74) is 4.60. The van der Waals surface area contributed by atoms with Gasteiger partial charge in [-0.05, 0) is 57.6 Å². The highest BCUT2D eigenvalue weighted by atomic mass is 19.1. The lowest BCUT2D eigenvalue weighted by atomic mass is 9.78. The minimum absolute atomic E-state index is 0.121. The van der Waals surface area contributed by atoms with Crippen LogP contribution < -0.4 is 9.30 Å². The molecule has 1 aromatic heterocycles. The summed E-state index contributed by atoms with van der Waals surface area (Å²) >= 11 is 0. The Balaban J connectivity index is 1.87. The molecule has 0 spiro atoms. The van der Waals surface area contributed by atoms with Crippen molar-refractivity contribution in [3.05, 3.63) is 77.7 Å². The number of halogens is 1. The molecule has 158 valence electrons. The lowest BCUT2D eigenvalue weighted by Crippen LogP contribution is -2.32. The van der Waals surface area contributed by atoms with Crippen molar-refractivity contribution in [2.24, 2.45) is 7.05 Å². The molecule has 0 radical (unpaired) electrons. The van der Waals surface area contributed by atoms with E-state index in [1.165, 1.54) is 28.0 Å². The molecule has 32 heavy (non-hydrogen) atoms. The Hall–Kier alpha value is -3.46. The number of nitrogens with zero attached hydrogens (tertiary/aromatic N) is 1. The Morgan fingerprint density at radius 3 is 2.38 bits per heavy atom. The molecule has 0 N–H and O–H groups in total. The number of hydrogen-bond donors (Lipinski definition) is 0. The lowest BCUT2D eigenvalue weighted by Gasteiger charge is -2.30. The monoisotopic (exact) mass is 422 g/mol. The van der Waals surface area contributed by atoms with E-state index in [0.29, 0.717) is 0 Å². The molecule has 0 bridgehead atoms. The molecule has 5 aromatic rings. The van der Waals surface area contributed by atoms with Gasteiger partial charge in [0.1, 0.15) is 24.4 Å². The molecule has 2 nitrogen and oxygen atoms in total. The van der Waals surface area contributed by atoms with Gasteiger partial charge in [0, 0.05) is 17.0 Å². The first-order valence-corrected chi connectivity index (χ1v) is 11.0. The molecule has 0 unspecified atom stereocenters. The summed E-state index contributed by atoms with van der Waals surface area (Å²) in [6.45, 7) is 8.90. The van der Waals surface area contributed by atoms with Crippen LogP contribution >= 0.6 is 0 Å². The second-order valence-corrected chi connectivity index (χ2v) is 9.91. The molecule has 1 aliphatic heterocycles. The van der Waals surface area contributed by atoms with E-state index in [-0.39, 0.29) is 11.2 Å². The van der Waals surface area contributed by atoms with Gasteiger partial charge in [-0.3, -0.25) is 0 Å². The maximum atomic E-state index is 14.1. The van der Waals surface area contributed by atoms with Gasteiger partial charge in [0.15, 0.2) is 6.20 Å². The van der Waals surface area contributed by atoms with E-state index in [1.807, 2.05) is 12.1 Å². The summed E-state index contributed by atoms with van der Waals surface area (Å²) in [5.74, 6) is 1.47. The van der Waals surface area contributed by atoms with Crippen LogP contribution in [0.4, 0.5) is 4.39 Å². The molecular formula is C29H25FNO+. The molecule has 0 amide bonds. The Morgan fingerprint density at radius 1 is 0.875 bits per heavy atom. The van der Waals surface area contributed by atoms with E-state index in [0.717, 1.165) is 44.3 Å².